The fourth-order valence-corrected chi connectivity index (χ4v) is 3.58. The molecule has 6 nitrogen and oxygen atoms in total. The van der Waals surface area contributed by atoms with Crippen LogP contribution >= 0.6 is 11.8 Å². The van der Waals surface area contributed by atoms with Crippen molar-refractivity contribution in [2.75, 3.05) is 5.75 Å². The quantitative estimate of drug-likeness (QED) is 0.348. The molecule has 0 radical (unpaired) electrons. The molecule has 0 aliphatic carbocycles. The molecule has 0 aliphatic rings. The SMILES string of the molecule is Cc1ccc(SCC(=O)NNC(=O)/C=C/c2c(C)nn(-c3ccc(F)cc3)c2C)cc1. The zero-order chi connectivity index (χ0) is 22.4. The monoisotopic (exact) mass is 438 g/mol. The van der Waals surface area contributed by atoms with Gasteiger partial charge in [0.15, 0.2) is 0 Å². The van der Waals surface area contributed by atoms with Gasteiger partial charge in [0.2, 0.25) is 5.91 Å². The van der Waals surface area contributed by atoms with Crippen LogP contribution in [0.1, 0.15) is 22.5 Å². The molecule has 0 atom stereocenters. The van der Waals surface area contributed by atoms with Crippen LogP contribution in [0.25, 0.3) is 11.8 Å². The number of aryl methyl sites for hydroxylation is 2. The summed E-state index contributed by atoms with van der Waals surface area (Å²) in [6.45, 7) is 5.70. The molecule has 3 aromatic rings. The third-order valence-electron chi connectivity index (χ3n) is 4.54. The number of halogens is 1. The first-order chi connectivity index (χ1) is 14.8. The number of hydrogen-bond donors (Lipinski definition) is 2. The number of nitrogens with zero attached hydrogens (tertiary/aromatic N) is 2. The van der Waals surface area contributed by atoms with Gasteiger partial charge < -0.3 is 0 Å². The highest BCUT2D eigenvalue weighted by Gasteiger charge is 2.11. The second-order valence-corrected chi connectivity index (χ2v) is 7.99. The van der Waals surface area contributed by atoms with Crippen LogP contribution in [-0.4, -0.2) is 27.3 Å². The number of amides is 2. The van der Waals surface area contributed by atoms with Gasteiger partial charge in [-0.15, -0.1) is 11.8 Å². The molecule has 0 aliphatic heterocycles. The number of aromatic nitrogens is 2. The minimum Gasteiger partial charge on any atom is -0.272 e. The highest BCUT2D eigenvalue weighted by atomic mass is 32.2. The molecule has 1 heterocycles. The van der Waals surface area contributed by atoms with Crippen molar-refractivity contribution in [1.29, 1.82) is 0 Å². The predicted octanol–water partition coefficient (Wildman–Crippen LogP) is 3.89. The fourth-order valence-electron chi connectivity index (χ4n) is 2.88. The maximum atomic E-state index is 13.2. The number of benzene rings is 2. The molecule has 2 N–H and O–H groups in total. The normalized spacial score (nSPS) is 11.0. The lowest BCUT2D eigenvalue weighted by Crippen LogP contribution is -2.41. The van der Waals surface area contributed by atoms with Gasteiger partial charge in [-0.05, 0) is 63.2 Å². The Labute approximate surface area is 184 Å². The number of hydrazine groups is 1. The van der Waals surface area contributed by atoms with Crippen LogP contribution < -0.4 is 10.9 Å². The second-order valence-electron chi connectivity index (χ2n) is 6.95. The van der Waals surface area contributed by atoms with Gasteiger partial charge in [-0.1, -0.05) is 17.7 Å². The largest absolute Gasteiger partial charge is 0.272 e. The second kappa shape index (κ2) is 10.1. The van der Waals surface area contributed by atoms with E-state index in [-0.39, 0.29) is 17.5 Å². The van der Waals surface area contributed by atoms with Crippen molar-refractivity contribution in [3.05, 3.63) is 82.9 Å². The molecule has 3 rings (SSSR count). The maximum absolute atomic E-state index is 13.2. The highest BCUT2D eigenvalue weighted by molar-refractivity contribution is 8.00. The number of nitrogens with one attached hydrogen (secondary N) is 2. The van der Waals surface area contributed by atoms with Crippen molar-refractivity contribution in [2.45, 2.75) is 25.7 Å². The van der Waals surface area contributed by atoms with Gasteiger partial charge in [0.25, 0.3) is 5.91 Å². The summed E-state index contributed by atoms with van der Waals surface area (Å²) in [5.74, 6) is -0.886. The summed E-state index contributed by atoms with van der Waals surface area (Å²) >= 11 is 1.39. The lowest BCUT2D eigenvalue weighted by Gasteiger charge is -2.06. The zero-order valence-corrected chi connectivity index (χ0v) is 18.3. The van der Waals surface area contributed by atoms with Crippen LogP contribution in [0.4, 0.5) is 4.39 Å². The van der Waals surface area contributed by atoms with E-state index in [0.29, 0.717) is 0 Å². The summed E-state index contributed by atoms with van der Waals surface area (Å²) in [6.07, 6.45) is 2.97. The molecule has 1 aromatic heterocycles. The molecule has 0 saturated heterocycles. The molecule has 2 amide bonds. The Balaban J connectivity index is 1.54. The van der Waals surface area contributed by atoms with Gasteiger partial charge in [0.05, 0.1) is 17.1 Å². The van der Waals surface area contributed by atoms with Crippen molar-refractivity contribution < 1.29 is 14.0 Å². The van der Waals surface area contributed by atoms with Crippen molar-refractivity contribution >= 4 is 29.7 Å². The van der Waals surface area contributed by atoms with Crippen LogP contribution in [0.5, 0.6) is 0 Å². The maximum Gasteiger partial charge on any atom is 0.262 e. The van der Waals surface area contributed by atoms with Crippen LogP contribution in [0, 0.1) is 26.6 Å². The Morgan fingerprint density at radius 3 is 2.39 bits per heavy atom. The number of carbonyl (C=O) groups excluding carboxylic acids is 2. The first-order valence-electron chi connectivity index (χ1n) is 9.62. The first kappa shape index (κ1) is 22.3. The average Bonchev–Trinajstić information content (AvgIpc) is 3.04. The molecule has 2 aromatic carbocycles. The Kier molecular flexibility index (Phi) is 7.25. The predicted molar refractivity (Wildman–Crippen MR) is 120 cm³/mol. The number of rotatable bonds is 6. The molecular weight excluding hydrogens is 415 g/mol. The number of thioether (sulfide) groups is 1. The topological polar surface area (TPSA) is 76.0 Å². The molecule has 0 spiro atoms. The van der Waals surface area contributed by atoms with E-state index in [1.165, 1.54) is 30.0 Å². The lowest BCUT2D eigenvalue weighted by molar-refractivity contribution is -0.125. The summed E-state index contributed by atoms with van der Waals surface area (Å²) in [7, 11) is 0. The third kappa shape index (κ3) is 6.05. The minimum atomic E-state index is -0.456. The average molecular weight is 439 g/mol. The minimum absolute atomic E-state index is 0.190. The Morgan fingerprint density at radius 1 is 1.03 bits per heavy atom. The molecule has 8 heteroatoms. The van der Waals surface area contributed by atoms with Gasteiger partial charge in [-0.2, -0.15) is 5.10 Å². The van der Waals surface area contributed by atoms with Crippen LogP contribution in [0.15, 0.2) is 59.5 Å². The van der Waals surface area contributed by atoms with E-state index in [0.717, 1.165) is 33.1 Å². The molecule has 0 fully saturated rings. The van der Waals surface area contributed by atoms with Crippen LogP contribution in [-0.2, 0) is 9.59 Å². The van der Waals surface area contributed by atoms with Gasteiger partial charge in [0, 0.05) is 22.2 Å². The van der Waals surface area contributed by atoms with Crippen molar-refractivity contribution in [3.8, 4) is 5.69 Å². The van der Waals surface area contributed by atoms with E-state index >= 15 is 0 Å². The molecule has 31 heavy (non-hydrogen) atoms. The van der Waals surface area contributed by atoms with E-state index < -0.39 is 5.91 Å². The van der Waals surface area contributed by atoms with Gasteiger partial charge in [-0.3, -0.25) is 20.4 Å². The van der Waals surface area contributed by atoms with Crippen LogP contribution in [0.3, 0.4) is 0 Å². The summed E-state index contributed by atoms with van der Waals surface area (Å²) in [6, 6.07) is 13.9. The Bertz CT molecular complexity index is 1110. The summed E-state index contributed by atoms with van der Waals surface area (Å²) in [5.41, 5.74) is 8.97. The van der Waals surface area contributed by atoms with Crippen molar-refractivity contribution in [3.63, 3.8) is 0 Å². The smallest absolute Gasteiger partial charge is 0.262 e. The molecular formula is C23H23FN4O2S. The summed E-state index contributed by atoms with van der Waals surface area (Å²) < 4.78 is 14.9. The number of carbonyl (C=O) groups is 2. The van der Waals surface area contributed by atoms with Gasteiger partial charge in [0.1, 0.15) is 5.82 Å². The third-order valence-corrected chi connectivity index (χ3v) is 5.55. The van der Waals surface area contributed by atoms with E-state index in [1.54, 1.807) is 22.9 Å². The van der Waals surface area contributed by atoms with Gasteiger partial charge in [-0.25, -0.2) is 9.07 Å². The Hall–Kier alpha value is -3.39. The van der Waals surface area contributed by atoms with Gasteiger partial charge >= 0.3 is 0 Å². The first-order valence-corrected chi connectivity index (χ1v) is 10.6. The lowest BCUT2D eigenvalue weighted by atomic mass is 10.2. The molecule has 0 bridgehead atoms. The summed E-state index contributed by atoms with van der Waals surface area (Å²) in [4.78, 5) is 25.0. The summed E-state index contributed by atoms with van der Waals surface area (Å²) in [5, 5.41) is 4.46. The zero-order valence-electron chi connectivity index (χ0n) is 17.5. The van der Waals surface area contributed by atoms with Crippen molar-refractivity contribution in [2.24, 2.45) is 0 Å². The van der Waals surface area contributed by atoms with E-state index in [2.05, 4.69) is 16.0 Å². The molecule has 0 saturated carbocycles. The fraction of sp³-hybridized carbons (Fsp3) is 0.174. The van der Waals surface area contributed by atoms with E-state index in [1.807, 2.05) is 45.0 Å². The highest BCUT2D eigenvalue weighted by Crippen LogP contribution is 2.20. The van der Waals surface area contributed by atoms with E-state index in [4.69, 9.17) is 0 Å². The standard InChI is InChI=1S/C23H23FN4O2S/c1-15-4-10-20(11-5-15)31-14-23(30)26-25-22(29)13-12-21-16(2)27-28(17(21)3)19-8-6-18(24)7-9-19/h4-13H,14H2,1-3H3,(H,25,29)(H,26,30)/b13-12+. The number of hydrogen-bond acceptors (Lipinski definition) is 4. The Morgan fingerprint density at radius 2 is 1.71 bits per heavy atom. The van der Waals surface area contributed by atoms with Crippen LogP contribution in [0.2, 0.25) is 0 Å². The van der Waals surface area contributed by atoms with E-state index in [9.17, 15) is 14.0 Å². The molecule has 0 unspecified atom stereocenters. The molecule has 160 valence electrons. The van der Waals surface area contributed by atoms with Crippen molar-refractivity contribution in [1.82, 2.24) is 20.6 Å².